The Balaban J connectivity index is 2.34. The Morgan fingerprint density at radius 3 is 1.39 bits per heavy atom. The van der Waals surface area contributed by atoms with Crippen LogP contribution in [0.3, 0.4) is 0 Å². The number of para-hydroxylation sites is 2. The first-order chi connectivity index (χ1) is 11.3. The van der Waals surface area contributed by atoms with Crippen molar-refractivity contribution in [3.05, 3.63) is 60.7 Å². The van der Waals surface area contributed by atoms with Gasteiger partial charge in [0.05, 0.1) is 11.4 Å². The van der Waals surface area contributed by atoms with Crippen LogP contribution in [0.25, 0.3) is 0 Å². The van der Waals surface area contributed by atoms with Gasteiger partial charge in [-0.15, -0.1) is 0 Å². The monoisotopic (exact) mass is 306 g/mol. The molecular formula is C21H26N2. The zero-order chi connectivity index (χ0) is 16.5. The van der Waals surface area contributed by atoms with E-state index >= 15 is 0 Å². The standard InChI is InChI=1S/C21H26N2/c1-4-19(20(5-2)22-17-13-9-7-10-14-17)21(6-3)23-18-15-11-8-12-16-18/h7-16,19H,4-6H2,1-3H3/b22-20-,23-21+. The molecule has 2 nitrogen and oxygen atoms in total. The largest absolute Gasteiger partial charge is 0.257 e. The first kappa shape index (κ1) is 17.1. The molecule has 2 heteroatoms. The lowest BCUT2D eigenvalue weighted by atomic mass is 9.91. The molecule has 0 bridgehead atoms. The fraction of sp³-hybridized carbons (Fsp3) is 0.333. The first-order valence-electron chi connectivity index (χ1n) is 8.53. The minimum absolute atomic E-state index is 0.311. The molecule has 0 amide bonds. The molecule has 1 atom stereocenters. The molecule has 0 aliphatic rings. The van der Waals surface area contributed by atoms with Crippen molar-refractivity contribution in [3.8, 4) is 0 Å². The number of hydrogen-bond acceptors (Lipinski definition) is 2. The van der Waals surface area contributed by atoms with Crippen molar-refractivity contribution in [3.63, 3.8) is 0 Å². The fourth-order valence-corrected chi connectivity index (χ4v) is 2.81. The lowest BCUT2D eigenvalue weighted by molar-refractivity contribution is 0.819. The number of rotatable bonds is 7. The second-order valence-corrected chi connectivity index (χ2v) is 5.55. The van der Waals surface area contributed by atoms with Gasteiger partial charge in [0.2, 0.25) is 0 Å². The van der Waals surface area contributed by atoms with Crippen LogP contribution >= 0.6 is 0 Å². The minimum Gasteiger partial charge on any atom is -0.257 e. The van der Waals surface area contributed by atoms with E-state index in [-0.39, 0.29) is 0 Å². The van der Waals surface area contributed by atoms with Gasteiger partial charge in [0.15, 0.2) is 0 Å². The third kappa shape index (κ3) is 4.88. The van der Waals surface area contributed by atoms with E-state index < -0.39 is 0 Å². The number of benzene rings is 2. The van der Waals surface area contributed by atoms with Gasteiger partial charge in [-0.1, -0.05) is 57.2 Å². The third-order valence-electron chi connectivity index (χ3n) is 3.99. The molecule has 0 aliphatic heterocycles. The van der Waals surface area contributed by atoms with Gasteiger partial charge in [0, 0.05) is 17.3 Å². The Morgan fingerprint density at radius 2 is 1.09 bits per heavy atom. The van der Waals surface area contributed by atoms with E-state index in [2.05, 4.69) is 45.0 Å². The predicted octanol–water partition coefficient (Wildman–Crippen LogP) is 6.38. The van der Waals surface area contributed by atoms with E-state index in [1.54, 1.807) is 0 Å². The lowest BCUT2D eigenvalue weighted by Gasteiger charge is -2.19. The second kappa shape index (κ2) is 9.04. The highest BCUT2D eigenvalue weighted by atomic mass is 14.8. The third-order valence-corrected chi connectivity index (χ3v) is 3.99. The van der Waals surface area contributed by atoms with Crippen LogP contribution in [0.15, 0.2) is 70.6 Å². The van der Waals surface area contributed by atoms with Crippen molar-refractivity contribution in [1.82, 2.24) is 0 Å². The molecule has 2 aromatic rings. The molecule has 0 heterocycles. The number of aliphatic imine (C=N–C) groups is 2. The Labute approximate surface area is 140 Å². The predicted molar refractivity (Wildman–Crippen MR) is 101 cm³/mol. The van der Waals surface area contributed by atoms with Gasteiger partial charge in [-0.2, -0.15) is 0 Å². The number of nitrogens with zero attached hydrogens (tertiary/aromatic N) is 2. The minimum atomic E-state index is 0.311. The van der Waals surface area contributed by atoms with Crippen molar-refractivity contribution < 1.29 is 0 Å². The Bertz CT molecular complexity index is 585. The van der Waals surface area contributed by atoms with Crippen molar-refractivity contribution in [1.29, 1.82) is 0 Å². The summed E-state index contributed by atoms with van der Waals surface area (Å²) in [5.41, 5.74) is 4.49. The van der Waals surface area contributed by atoms with Gasteiger partial charge in [-0.3, -0.25) is 9.98 Å². The topological polar surface area (TPSA) is 24.7 Å². The molecule has 0 spiro atoms. The molecular weight excluding hydrogens is 280 g/mol. The summed E-state index contributed by atoms with van der Waals surface area (Å²) in [7, 11) is 0. The van der Waals surface area contributed by atoms with Gasteiger partial charge in [-0.05, 0) is 43.5 Å². The van der Waals surface area contributed by atoms with Gasteiger partial charge >= 0.3 is 0 Å². The van der Waals surface area contributed by atoms with E-state index in [0.717, 1.165) is 30.6 Å². The van der Waals surface area contributed by atoms with Gasteiger partial charge in [-0.25, -0.2) is 0 Å². The van der Waals surface area contributed by atoms with Gasteiger partial charge < -0.3 is 0 Å². The smallest absolute Gasteiger partial charge is 0.0629 e. The van der Waals surface area contributed by atoms with Crippen molar-refractivity contribution >= 4 is 22.8 Å². The average molecular weight is 306 g/mol. The molecule has 0 fully saturated rings. The summed E-state index contributed by atoms with van der Waals surface area (Å²) < 4.78 is 0. The zero-order valence-corrected chi connectivity index (χ0v) is 14.4. The second-order valence-electron chi connectivity index (χ2n) is 5.55. The molecule has 0 aliphatic carbocycles. The molecule has 2 rings (SSSR count). The zero-order valence-electron chi connectivity index (χ0n) is 14.4. The summed E-state index contributed by atoms with van der Waals surface area (Å²) in [6.07, 6.45) is 2.92. The molecule has 23 heavy (non-hydrogen) atoms. The van der Waals surface area contributed by atoms with Crippen LogP contribution in [0.5, 0.6) is 0 Å². The highest BCUT2D eigenvalue weighted by Crippen LogP contribution is 2.22. The summed E-state index contributed by atoms with van der Waals surface area (Å²) in [4.78, 5) is 9.79. The van der Waals surface area contributed by atoms with Crippen LogP contribution in [0.1, 0.15) is 40.0 Å². The van der Waals surface area contributed by atoms with Crippen molar-refractivity contribution in [2.75, 3.05) is 0 Å². The highest BCUT2D eigenvalue weighted by molar-refractivity contribution is 6.08. The normalized spacial score (nSPS) is 13.9. The van der Waals surface area contributed by atoms with Crippen LogP contribution in [0, 0.1) is 5.92 Å². The number of hydrogen-bond donors (Lipinski definition) is 0. The summed E-state index contributed by atoms with van der Waals surface area (Å²) in [5.74, 6) is 0.311. The van der Waals surface area contributed by atoms with Gasteiger partial charge in [0.25, 0.3) is 0 Å². The van der Waals surface area contributed by atoms with E-state index in [4.69, 9.17) is 9.98 Å². The Morgan fingerprint density at radius 1 is 0.696 bits per heavy atom. The molecule has 0 saturated heterocycles. The summed E-state index contributed by atoms with van der Waals surface area (Å²) >= 11 is 0. The lowest BCUT2D eigenvalue weighted by Crippen LogP contribution is -2.22. The Kier molecular flexibility index (Phi) is 6.74. The van der Waals surface area contributed by atoms with Crippen LogP contribution in [0.4, 0.5) is 11.4 Å². The Hall–Kier alpha value is -2.22. The fourth-order valence-electron chi connectivity index (χ4n) is 2.81. The maximum absolute atomic E-state index is 4.89. The first-order valence-corrected chi connectivity index (χ1v) is 8.53. The van der Waals surface area contributed by atoms with Crippen molar-refractivity contribution in [2.24, 2.45) is 15.9 Å². The van der Waals surface area contributed by atoms with Crippen LogP contribution < -0.4 is 0 Å². The van der Waals surface area contributed by atoms with E-state index in [1.165, 1.54) is 11.4 Å². The maximum Gasteiger partial charge on any atom is 0.0629 e. The summed E-state index contributed by atoms with van der Waals surface area (Å²) in [6.45, 7) is 6.58. The van der Waals surface area contributed by atoms with E-state index in [1.807, 2.05) is 36.4 Å². The SMILES string of the molecule is CC/C(=N/c1ccccc1)C(CC)/C(CC)=N/c1ccccc1. The summed E-state index contributed by atoms with van der Waals surface area (Å²) in [6, 6.07) is 20.4. The van der Waals surface area contributed by atoms with E-state index in [9.17, 15) is 0 Å². The van der Waals surface area contributed by atoms with Gasteiger partial charge in [0.1, 0.15) is 0 Å². The molecule has 0 aromatic heterocycles. The van der Waals surface area contributed by atoms with Crippen LogP contribution in [-0.4, -0.2) is 11.4 Å². The molecule has 0 N–H and O–H groups in total. The average Bonchev–Trinajstić information content (AvgIpc) is 2.62. The summed E-state index contributed by atoms with van der Waals surface area (Å²) in [5, 5.41) is 0. The van der Waals surface area contributed by atoms with E-state index in [0.29, 0.717) is 5.92 Å². The van der Waals surface area contributed by atoms with Crippen LogP contribution in [-0.2, 0) is 0 Å². The highest BCUT2D eigenvalue weighted by Gasteiger charge is 2.18. The molecule has 1 unspecified atom stereocenters. The quantitative estimate of drug-likeness (QED) is 0.530. The maximum atomic E-state index is 4.89. The van der Waals surface area contributed by atoms with Crippen LogP contribution in [0.2, 0.25) is 0 Å². The van der Waals surface area contributed by atoms with Crippen molar-refractivity contribution in [2.45, 2.75) is 40.0 Å². The molecule has 0 saturated carbocycles. The molecule has 120 valence electrons. The molecule has 2 aromatic carbocycles. The molecule has 0 radical (unpaired) electrons.